The summed E-state index contributed by atoms with van der Waals surface area (Å²) in [7, 11) is 0. The lowest BCUT2D eigenvalue weighted by atomic mass is 9.98. The predicted octanol–water partition coefficient (Wildman–Crippen LogP) is 6.18. The topological polar surface area (TPSA) is 225 Å². The molecule has 2 atom stereocenters. The van der Waals surface area contributed by atoms with Crippen molar-refractivity contribution in [3.8, 4) is 11.1 Å². The summed E-state index contributed by atoms with van der Waals surface area (Å²) in [6, 6.07) is 13.5. The van der Waals surface area contributed by atoms with E-state index in [0.29, 0.717) is 6.42 Å². The number of fused-ring (bicyclic) bond motifs is 3. The molecular formula is C38H50N8O9. The van der Waals surface area contributed by atoms with E-state index >= 15 is 0 Å². The smallest absolute Gasteiger partial charge is 0.417 e. The fraction of sp³-hybridized carbons (Fsp3) is 0.526. The minimum absolute atomic E-state index is 0.000247. The van der Waals surface area contributed by atoms with Gasteiger partial charge in [-0.1, -0.05) is 53.6 Å². The van der Waals surface area contributed by atoms with E-state index in [9.17, 15) is 29.1 Å². The number of amides is 4. The van der Waals surface area contributed by atoms with Gasteiger partial charge in [0.05, 0.1) is 0 Å². The summed E-state index contributed by atoms with van der Waals surface area (Å²) in [5, 5.41) is 18.4. The van der Waals surface area contributed by atoms with Gasteiger partial charge in [-0.05, 0) is 95.0 Å². The molecule has 1 saturated heterocycles. The van der Waals surface area contributed by atoms with Crippen LogP contribution in [0.1, 0.15) is 84.3 Å². The van der Waals surface area contributed by atoms with E-state index in [4.69, 9.17) is 19.7 Å². The maximum absolute atomic E-state index is 13.8. The molecule has 0 radical (unpaired) electrons. The van der Waals surface area contributed by atoms with Crippen LogP contribution < -0.4 is 10.6 Å². The van der Waals surface area contributed by atoms with Crippen LogP contribution in [0.15, 0.2) is 58.6 Å². The summed E-state index contributed by atoms with van der Waals surface area (Å²) in [6.45, 7) is 9.70. The zero-order valence-corrected chi connectivity index (χ0v) is 32.1. The van der Waals surface area contributed by atoms with Gasteiger partial charge in [-0.25, -0.2) is 24.1 Å². The zero-order valence-electron chi connectivity index (χ0n) is 32.1. The van der Waals surface area contributed by atoms with Crippen molar-refractivity contribution in [1.82, 2.24) is 20.4 Å². The van der Waals surface area contributed by atoms with Crippen molar-refractivity contribution < 1.29 is 43.3 Å². The highest BCUT2D eigenvalue weighted by atomic mass is 16.6. The van der Waals surface area contributed by atoms with E-state index < -0.39 is 53.4 Å². The van der Waals surface area contributed by atoms with Crippen LogP contribution in [0.25, 0.3) is 21.6 Å². The van der Waals surface area contributed by atoms with Gasteiger partial charge >= 0.3 is 24.2 Å². The molecule has 0 spiro atoms. The third-order valence-electron chi connectivity index (χ3n) is 8.64. The molecule has 0 bridgehead atoms. The number of guanidine groups is 1. The number of azide groups is 1. The van der Waals surface area contributed by atoms with Crippen LogP contribution in [-0.2, 0) is 23.8 Å². The number of carboxylic acids is 1. The number of aliphatic carboxylic acids is 1. The first kappa shape index (κ1) is 41.9. The van der Waals surface area contributed by atoms with Crippen molar-refractivity contribution in [2.45, 2.75) is 96.4 Å². The number of benzene rings is 2. The molecule has 0 unspecified atom stereocenters. The maximum atomic E-state index is 13.8. The van der Waals surface area contributed by atoms with E-state index in [1.165, 1.54) is 4.90 Å². The average Bonchev–Trinajstić information content (AvgIpc) is 3.72. The van der Waals surface area contributed by atoms with Crippen molar-refractivity contribution in [2.75, 3.05) is 32.8 Å². The quantitative estimate of drug-likeness (QED) is 0.0426. The first-order valence-electron chi connectivity index (χ1n) is 18.2. The molecule has 296 valence electrons. The van der Waals surface area contributed by atoms with Crippen molar-refractivity contribution >= 4 is 36.1 Å². The van der Waals surface area contributed by atoms with Crippen LogP contribution in [-0.4, -0.2) is 107 Å². The summed E-state index contributed by atoms with van der Waals surface area (Å²) < 4.78 is 16.6. The number of ether oxygens (including phenoxy) is 3. The number of hydrogen-bond donors (Lipinski definition) is 3. The van der Waals surface area contributed by atoms with Gasteiger partial charge in [0.1, 0.15) is 29.9 Å². The number of carbonyl (C=O) groups excluding carboxylic acids is 4. The first-order valence-corrected chi connectivity index (χ1v) is 18.2. The molecule has 2 aliphatic rings. The van der Waals surface area contributed by atoms with Gasteiger partial charge in [-0.3, -0.25) is 15.1 Å². The predicted molar refractivity (Wildman–Crippen MR) is 202 cm³/mol. The maximum Gasteiger partial charge on any atom is 0.417 e. The van der Waals surface area contributed by atoms with Crippen molar-refractivity contribution in [3.05, 3.63) is 70.1 Å². The molecule has 0 saturated carbocycles. The molecule has 2 aromatic carbocycles. The zero-order chi connectivity index (χ0) is 40.3. The van der Waals surface area contributed by atoms with Crippen molar-refractivity contribution in [2.24, 2.45) is 10.1 Å². The number of nitrogens with zero attached hydrogens (tertiary/aromatic N) is 6. The number of carboxylic acid groups (broad SMARTS) is 1. The summed E-state index contributed by atoms with van der Waals surface area (Å²) in [5.74, 6) is -2.20. The van der Waals surface area contributed by atoms with E-state index in [1.54, 1.807) is 41.5 Å². The van der Waals surface area contributed by atoms with Crippen LogP contribution in [0.3, 0.4) is 0 Å². The van der Waals surface area contributed by atoms with Gasteiger partial charge in [0, 0.05) is 37.0 Å². The number of hydrogen-bond acceptors (Lipinski definition) is 10. The number of rotatable bonds is 12. The minimum atomic E-state index is -1.18. The van der Waals surface area contributed by atoms with Crippen molar-refractivity contribution in [1.29, 1.82) is 0 Å². The van der Waals surface area contributed by atoms with Gasteiger partial charge in [0.15, 0.2) is 0 Å². The van der Waals surface area contributed by atoms with E-state index in [2.05, 4.69) is 25.7 Å². The second kappa shape index (κ2) is 18.5. The standard InChI is InChI=1S/C38H50N8O9/c1-37(2,3)54-35(51)43-33(46(22-20-41-44-39)36(52)55-38(4,5)6)40-19-11-17-29(31(47)45-21-12-18-30(45)32(48)49)42-34(50)53-23-28-26-15-9-7-13-24(26)25-14-8-10-16-27(25)28/h7-10,13-16,28-30H,11-12,17-23H2,1-6H3,(H,42,50)(H,48,49)(H,40,43,51)/t29-,30-/m0/s1. The molecule has 17 heteroatoms. The fourth-order valence-corrected chi connectivity index (χ4v) is 6.38. The molecule has 1 heterocycles. The highest BCUT2D eigenvalue weighted by molar-refractivity contribution is 6.01. The van der Waals surface area contributed by atoms with Gasteiger partial charge in [0.2, 0.25) is 11.9 Å². The second-order valence-electron chi connectivity index (χ2n) is 15.1. The lowest BCUT2D eigenvalue weighted by Gasteiger charge is -2.29. The average molecular weight is 763 g/mol. The molecule has 1 aliphatic carbocycles. The minimum Gasteiger partial charge on any atom is -0.480 e. The number of likely N-dealkylation sites (tertiary alicyclic amines) is 1. The molecular weight excluding hydrogens is 712 g/mol. The molecule has 4 rings (SSSR count). The molecule has 4 amide bonds. The second-order valence-corrected chi connectivity index (χ2v) is 15.1. The Morgan fingerprint density at radius 1 is 0.945 bits per heavy atom. The number of carbonyl (C=O) groups is 5. The first-order chi connectivity index (χ1) is 26.0. The highest BCUT2D eigenvalue weighted by Crippen LogP contribution is 2.44. The number of alkyl carbamates (subject to hydrolysis) is 2. The Kier molecular flexibility index (Phi) is 14.1. The van der Waals surface area contributed by atoms with E-state index in [0.717, 1.165) is 27.2 Å². The Morgan fingerprint density at radius 3 is 2.15 bits per heavy atom. The largest absolute Gasteiger partial charge is 0.480 e. The molecule has 17 nitrogen and oxygen atoms in total. The lowest BCUT2D eigenvalue weighted by molar-refractivity contribution is -0.149. The number of aliphatic imine (C=N–C) groups is 1. The van der Waals surface area contributed by atoms with E-state index in [-0.39, 0.29) is 63.9 Å². The molecule has 1 aliphatic heterocycles. The van der Waals surface area contributed by atoms with Crippen molar-refractivity contribution in [3.63, 3.8) is 0 Å². The van der Waals surface area contributed by atoms with Crippen LogP contribution in [0, 0.1) is 0 Å². The summed E-state index contributed by atoms with van der Waals surface area (Å²) in [6.07, 6.45) is -1.75. The van der Waals surface area contributed by atoms with Gasteiger partial charge in [-0.2, -0.15) is 0 Å². The van der Waals surface area contributed by atoms with Crippen LogP contribution in [0.2, 0.25) is 0 Å². The van der Waals surface area contributed by atoms with Crippen LogP contribution in [0.4, 0.5) is 14.4 Å². The van der Waals surface area contributed by atoms with Gasteiger partial charge < -0.3 is 29.5 Å². The van der Waals surface area contributed by atoms with E-state index in [1.807, 2.05) is 48.5 Å². The van der Waals surface area contributed by atoms with Gasteiger partial charge in [-0.15, -0.1) is 0 Å². The molecule has 0 aromatic heterocycles. The van der Waals surface area contributed by atoms with Crippen LogP contribution >= 0.6 is 0 Å². The Bertz CT molecular complexity index is 1770. The van der Waals surface area contributed by atoms with Crippen LogP contribution in [0.5, 0.6) is 0 Å². The number of nitrogens with one attached hydrogen (secondary N) is 2. The Hall–Kier alpha value is -5.83. The third kappa shape index (κ3) is 11.8. The summed E-state index contributed by atoms with van der Waals surface area (Å²) in [5.41, 5.74) is 11.2. The Morgan fingerprint density at radius 2 is 1.56 bits per heavy atom. The highest BCUT2D eigenvalue weighted by Gasteiger charge is 2.38. The normalized spacial score (nSPS) is 15.9. The Labute approximate surface area is 320 Å². The SMILES string of the molecule is CC(C)(C)OC(=O)NC(=NCCC[C@H](NC(=O)OCC1c2ccccc2-c2ccccc21)C(=O)N1CCC[C@H]1C(=O)O)N(CCN=[N+]=[N-])C(=O)OC(C)(C)C. The Balaban J connectivity index is 1.53. The summed E-state index contributed by atoms with van der Waals surface area (Å²) in [4.78, 5) is 74.7. The monoisotopic (exact) mass is 762 g/mol. The molecule has 2 aromatic rings. The fourth-order valence-electron chi connectivity index (χ4n) is 6.38. The summed E-state index contributed by atoms with van der Waals surface area (Å²) >= 11 is 0. The molecule has 55 heavy (non-hydrogen) atoms. The molecule has 1 fully saturated rings. The lowest BCUT2D eigenvalue weighted by Crippen LogP contribution is -2.52. The molecule has 3 N–H and O–H groups in total. The third-order valence-corrected chi connectivity index (χ3v) is 8.64. The van der Waals surface area contributed by atoms with Gasteiger partial charge in [0.25, 0.3) is 0 Å².